The van der Waals surface area contributed by atoms with Crippen molar-refractivity contribution in [3.63, 3.8) is 0 Å². The lowest BCUT2D eigenvalue weighted by Crippen LogP contribution is -2.40. The first-order valence-electron chi connectivity index (χ1n) is 8.86. The number of carbonyl (C=O) groups excluding carboxylic acids is 2. The largest absolute Gasteiger partial charge is 0.461 e. The van der Waals surface area contributed by atoms with Gasteiger partial charge in [0.1, 0.15) is 5.01 Å². The molecule has 0 radical (unpaired) electrons. The van der Waals surface area contributed by atoms with Crippen molar-refractivity contribution in [3.8, 4) is 0 Å². The van der Waals surface area contributed by atoms with E-state index < -0.39 is 5.97 Å². The number of ether oxygens (including phenoxy) is 1. The van der Waals surface area contributed by atoms with Crippen LogP contribution >= 0.6 is 11.3 Å². The Morgan fingerprint density at radius 2 is 2.00 bits per heavy atom. The van der Waals surface area contributed by atoms with Crippen molar-refractivity contribution in [2.24, 2.45) is 5.92 Å². The molecule has 0 aliphatic heterocycles. The number of carbonyl (C=O) groups is 2. The predicted octanol–water partition coefficient (Wildman–Crippen LogP) is 4.27. The van der Waals surface area contributed by atoms with Crippen LogP contribution in [0.3, 0.4) is 0 Å². The molecule has 1 unspecified atom stereocenters. The number of aromatic nitrogens is 1. The fourth-order valence-corrected chi connectivity index (χ4v) is 3.29. The maximum absolute atomic E-state index is 12.9. The molecule has 1 aromatic rings. The zero-order chi connectivity index (χ0) is 18.1. The fourth-order valence-electron chi connectivity index (χ4n) is 2.53. The van der Waals surface area contributed by atoms with Crippen LogP contribution in [0.15, 0.2) is 5.38 Å². The highest BCUT2D eigenvalue weighted by molar-refractivity contribution is 7.09. The zero-order valence-electron chi connectivity index (χ0n) is 15.5. The predicted molar refractivity (Wildman–Crippen MR) is 97.1 cm³/mol. The summed E-state index contributed by atoms with van der Waals surface area (Å²) in [5.74, 6) is -0.150. The van der Waals surface area contributed by atoms with Crippen LogP contribution in [-0.2, 0) is 16.1 Å². The second-order valence-corrected chi connectivity index (χ2v) is 7.10. The summed E-state index contributed by atoms with van der Waals surface area (Å²) < 4.78 is 4.97. The maximum atomic E-state index is 12.9. The average Bonchev–Trinajstić information content (AvgIpc) is 3.02. The molecular formula is C18H30N2O3S. The Morgan fingerprint density at radius 3 is 2.54 bits per heavy atom. The van der Waals surface area contributed by atoms with Gasteiger partial charge in [0.2, 0.25) is 5.91 Å². The van der Waals surface area contributed by atoms with Gasteiger partial charge in [-0.2, -0.15) is 0 Å². The molecule has 136 valence electrons. The van der Waals surface area contributed by atoms with Crippen LogP contribution in [-0.4, -0.2) is 34.4 Å². The quantitative estimate of drug-likeness (QED) is 0.589. The summed E-state index contributed by atoms with van der Waals surface area (Å²) in [6, 6.07) is 0.100. The Balaban J connectivity index is 2.82. The lowest BCUT2D eigenvalue weighted by molar-refractivity contribution is -0.138. The molecule has 1 aromatic heterocycles. The van der Waals surface area contributed by atoms with Crippen LogP contribution in [0.4, 0.5) is 0 Å². The number of amides is 1. The Labute approximate surface area is 149 Å². The molecule has 0 aliphatic carbocycles. The van der Waals surface area contributed by atoms with Crippen LogP contribution in [0, 0.1) is 5.92 Å². The van der Waals surface area contributed by atoms with Gasteiger partial charge in [-0.3, -0.25) is 4.79 Å². The summed E-state index contributed by atoms with van der Waals surface area (Å²) in [5.41, 5.74) is 0.325. The smallest absolute Gasteiger partial charge is 0.357 e. The van der Waals surface area contributed by atoms with E-state index >= 15 is 0 Å². The van der Waals surface area contributed by atoms with Crippen molar-refractivity contribution < 1.29 is 14.3 Å². The monoisotopic (exact) mass is 354 g/mol. The molecule has 0 saturated carbocycles. The van der Waals surface area contributed by atoms with Crippen LogP contribution in [0.2, 0.25) is 0 Å². The van der Waals surface area contributed by atoms with Crippen LogP contribution in [0.5, 0.6) is 0 Å². The first-order valence-corrected chi connectivity index (χ1v) is 9.74. The lowest BCUT2D eigenvalue weighted by atomic mass is 9.97. The molecule has 1 heterocycles. The van der Waals surface area contributed by atoms with Gasteiger partial charge in [0.15, 0.2) is 5.69 Å². The highest BCUT2D eigenvalue weighted by Gasteiger charge is 2.25. The molecular weight excluding hydrogens is 324 g/mol. The van der Waals surface area contributed by atoms with E-state index in [-0.39, 0.29) is 17.9 Å². The van der Waals surface area contributed by atoms with Gasteiger partial charge in [-0.05, 0) is 33.6 Å². The Bertz CT molecular complexity index is 528. The summed E-state index contributed by atoms with van der Waals surface area (Å²) in [4.78, 5) is 30.8. The number of esters is 1. The molecule has 24 heavy (non-hydrogen) atoms. The van der Waals surface area contributed by atoms with Crippen molar-refractivity contribution in [1.29, 1.82) is 0 Å². The first kappa shape index (κ1) is 20.6. The lowest BCUT2D eigenvalue weighted by Gasteiger charge is -2.29. The second-order valence-electron chi connectivity index (χ2n) is 6.15. The van der Waals surface area contributed by atoms with Gasteiger partial charge in [0, 0.05) is 17.3 Å². The van der Waals surface area contributed by atoms with E-state index in [2.05, 4.69) is 18.8 Å². The van der Waals surface area contributed by atoms with Crippen molar-refractivity contribution in [2.45, 2.75) is 72.9 Å². The van der Waals surface area contributed by atoms with Gasteiger partial charge in [-0.15, -0.1) is 11.3 Å². The molecule has 1 atom stereocenters. The summed E-state index contributed by atoms with van der Waals surface area (Å²) in [7, 11) is 0. The molecule has 0 aromatic carbocycles. The number of thiazole rings is 1. The molecule has 0 bridgehead atoms. The van der Waals surface area contributed by atoms with E-state index in [0.717, 1.165) is 30.7 Å². The summed E-state index contributed by atoms with van der Waals surface area (Å²) in [6.45, 7) is 10.8. The number of rotatable bonds is 10. The van der Waals surface area contributed by atoms with E-state index in [1.165, 1.54) is 11.3 Å². The molecule has 0 spiro atoms. The summed E-state index contributed by atoms with van der Waals surface area (Å²) >= 11 is 1.40. The maximum Gasteiger partial charge on any atom is 0.357 e. The number of unbranched alkanes of at least 4 members (excludes halogenated alkanes) is 1. The van der Waals surface area contributed by atoms with Gasteiger partial charge in [-0.1, -0.05) is 26.7 Å². The van der Waals surface area contributed by atoms with Gasteiger partial charge < -0.3 is 9.64 Å². The molecule has 0 saturated heterocycles. The van der Waals surface area contributed by atoms with Crippen LogP contribution in [0.1, 0.15) is 75.8 Å². The zero-order valence-corrected chi connectivity index (χ0v) is 16.3. The highest BCUT2D eigenvalue weighted by atomic mass is 32.1. The summed E-state index contributed by atoms with van der Waals surface area (Å²) in [6.07, 6.45) is 3.95. The van der Waals surface area contributed by atoms with E-state index in [1.54, 1.807) is 12.3 Å². The van der Waals surface area contributed by atoms with Gasteiger partial charge >= 0.3 is 5.97 Å². The highest BCUT2D eigenvalue weighted by Crippen LogP contribution is 2.21. The minimum Gasteiger partial charge on any atom is -0.461 e. The Kier molecular flexibility index (Phi) is 8.97. The molecule has 1 amide bonds. The molecule has 0 fully saturated rings. The average molecular weight is 355 g/mol. The minimum absolute atomic E-state index is 0.0665. The SMILES string of the molecule is CCCCC(CC)C(=O)N(Cc1nc(C(=O)OCC)cs1)C(C)C. The Morgan fingerprint density at radius 1 is 1.29 bits per heavy atom. The van der Waals surface area contributed by atoms with Crippen molar-refractivity contribution in [2.75, 3.05) is 6.61 Å². The third-order valence-corrected chi connectivity index (χ3v) is 4.83. The van der Waals surface area contributed by atoms with E-state index in [9.17, 15) is 9.59 Å². The van der Waals surface area contributed by atoms with Gasteiger partial charge in [0.05, 0.1) is 13.2 Å². The van der Waals surface area contributed by atoms with Gasteiger partial charge in [0.25, 0.3) is 0 Å². The second kappa shape index (κ2) is 10.4. The van der Waals surface area contributed by atoms with Crippen LogP contribution in [0.25, 0.3) is 0 Å². The molecule has 5 nitrogen and oxygen atoms in total. The van der Waals surface area contributed by atoms with Gasteiger partial charge in [-0.25, -0.2) is 9.78 Å². The van der Waals surface area contributed by atoms with Crippen molar-refractivity contribution >= 4 is 23.2 Å². The van der Waals surface area contributed by atoms with Crippen molar-refractivity contribution in [1.82, 2.24) is 9.88 Å². The normalized spacial score (nSPS) is 12.2. The summed E-state index contributed by atoms with van der Waals surface area (Å²) in [5, 5.41) is 2.47. The van der Waals surface area contributed by atoms with Crippen molar-refractivity contribution in [3.05, 3.63) is 16.1 Å². The third kappa shape index (κ3) is 5.89. The number of nitrogens with zero attached hydrogens (tertiary/aromatic N) is 2. The number of hydrogen-bond donors (Lipinski definition) is 0. The minimum atomic E-state index is -0.406. The third-order valence-electron chi connectivity index (χ3n) is 4.00. The van der Waals surface area contributed by atoms with E-state index in [4.69, 9.17) is 4.74 Å². The standard InChI is InChI=1S/C18H30N2O3S/c1-6-9-10-14(7-2)17(21)20(13(4)5)11-16-19-15(12-24-16)18(22)23-8-3/h12-14H,6-11H2,1-5H3. The molecule has 0 aliphatic rings. The Hall–Kier alpha value is -1.43. The van der Waals surface area contributed by atoms with E-state index in [0.29, 0.717) is 18.8 Å². The molecule has 1 rings (SSSR count). The molecule has 0 N–H and O–H groups in total. The topological polar surface area (TPSA) is 59.5 Å². The first-order chi connectivity index (χ1) is 11.4. The number of hydrogen-bond acceptors (Lipinski definition) is 5. The fraction of sp³-hybridized carbons (Fsp3) is 0.722. The molecule has 6 heteroatoms. The van der Waals surface area contributed by atoms with E-state index in [1.807, 2.05) is 18.7 Å². The van der Waals surface area contributed by atoms with Crippen LogP contribution < -0.4 is 0 Å².